The largest absolute Gasteiger partial charge is 0.345 e. The van der Waals surface area contributed by atoms with Crippen LogP contribution in [0.1, 0.15) is 47.4 Å². The summed E-state index contributed by atoms with van der Waals surface area (Å²) in [6.07, 6.45) is 5.20. The molecule has 1 fully saturated rings. The molecule has 0 radical (unpaired) electrons. The van der Waals surface area contributed by atoms with Gasteiger partial charge in [-0.2, -0.15) is 5.10 Å². The van der Waals surface area contributed by atoms with Crippen LogP contribution in [-0.4, -0.2) is 68.8 Å². The van der Waals surface area contributed by atoms with Gasteiger partial charge in [-0.15, -0.1) is 0 Å². The van der Waals surface area contributed by atoms with E-state index in [1.807, 2.05) is 43.8 Å². The smallest absolute Gasteiger partial charge is 0.338 e. The molecule has 0 saturated carbocycles. The summed E-state index contributed by atoms with van der Waals surface area (Å²) in [7, 11) is 3.96. The van der Waals surface area contributed by atoms with Crippen LogP contribution < -0.4 is 5.69 Å². The van der Waals surface area contributed by atoms with Crippen molar-refractivity contribution in [1.82, 2.24) is 29.1 Å². The first kappa shape index (κ1) is 20.3. The van der Waals surface area contributed by atoms with Crippen LogP contribution in [0.15, 0.2) is 23.3 Å². The third kappa shape index (κ3) is 4.32. The first-order chi connectivity index (χ1) is 13.4. The van der Waals surface area contributed by atoms with Crippen molar-refractivity contribution in [3.63, 3.8) is 0 Å². The van der Waals surface area contributed by atoms with E-state index in [2.05, 4.69) is 10.1 Å². The third-order valence-corrected chi connectivity index (χ3v) is 5.22. The molecule has 0 spiro atoms. The monoisotopic (exact) mass is 386 g/mol. The minimum absolute atomic E-state index is 0.00154. The minimum atomic E-state index is -0.0642. The summed E-state index contributed by atoms with van der Waals surface area (Å²) in [4.78, 5) is 33.7. The van der Waals surface area contributed by atoms with E-state index in [1.165, 1.54) is 0 Å². The molecule has 3 heterocycles. The number of likely N-dealkylation sites (N-methyl/N-ethyl adjacent to an activating group) is 1. The quantitative estimate of drug-likeness (QED) is 0.749. The first-order valence-corrected chi connectivity index (χ1v) is 9.94. The predicted octanol–water partition coefficient (Wildman–Crippen LogP) is 1.35. The number of nitrogens with zero attached hydrogens (tertiary/aromatic N) is 6. The molecule has 1 saturated heterocycles. The van der Waals surface area contributed by atoms with E-state index in [9.17, 15) is 9.59 Å². The molecule has 1 atom stereocenters. The van der Waals surface area contributed by atoms with Crippen LogP contribution in [0.4, 0.5) is 0 Å². The van der Waals surface area contributed by atoms with E-state index in [4.69, 9.17) is 0 Å². The van der Waals surface area contributed by atoms with Crippen LogP contribution in [0.2, 0.25) is 0 Å². The third-order valence-electron chi connectivity index (χ3n) is 5.22. The van der Waals surface area contributed by atoms with Gasteiger partial charge in [-0.05, 0) is 52.4 Å². The molecule has 1 aliphatic rings. The van der Waals surface area contributed by atoms with Gasteiger partial charge in [0.25, 0.3) is 5.91 Å². The van der Waals surface area contributed by atoms with Crippen LogP contribution in [0.5, 0.6) is 0 Å². The Morgan fingerprint density at radius 3 is 2.79 bits per heavy atom. The standard InChI is InChI=1S/C20H30N6O2/c1-5-25-18(22-26(20(25)28)10-9-23(3)4)16-7-6-8-24(14-16)19(27)17-11-15(2)12-21-13-17/h11-13,16H,5-10,14H2,1-4H3/t16-/m1/s1. The fourth-order valence-corrected chi connectivity index (χ4v) is 3.72. The predicted molar refractivity (Wildman–Crippen MR) is 108 cm³/mol. The van der Waals surface area contributed by atoms with E-state index >= 15 is 0 Å². The molecule has 1 amide bonds. The zero-order valence-electron chi connectivity index (χ0n) is 17.3. The Morgan fingerprint density at radius 2 is 2.11 bits per heavy atom. The molecule has 0 aromatic carbocycles. The van der Waals surface area contributed by atoms with Crippen molar-refractivity contribution in [3.8, 4) is 0 Å². The maximum absolute atomic E-state index is 12.9. The Labute approximate surface area is 165 Å². The fraction of sp³-hybridized carbons (Fsp3) is 0.600. The summed E-state index contributed by atoms with van der Waals surface area (Å²) in [5.74, 6) is 0.869. The molecule has 3 rings (SSSR count). The van der Waals surface area contributed by atoms with Crippen LogP contribution >= 0.6 is 0 Å². The summed E-state index contributed by atoms with van der Waals surface area (Å²) in [6.45, 7) is 7.11. The normalized spacial score (nSPS) is 17.3. The molecular formula is C20H30N6O2. The van der Waals surface area contributed by atoms with Crippen molar-refractivity contribution in [2.45, 2.75) is 45.7 Å². The zero-order chi connectivity index (χ0) is 20.3. The van der Waals surface area contributed by atoms with Gasteiger partial charge in [0.15, 0.2) is 0 Å². The lowest BCUT2D eigenvalue weighted by Crippen LogP contribution is -2.40. The highest BCUT2D eigenvalue weighted by Crippen LogP contribution is 2.26. The van der Waals surface area contributed by atoms with Crippen LogP contribution in [-0.2, 0) is 13.1 Å². The highest BCUT2D eigenvalue weighted by Gasteiger charge is 2.29. The van der Waals surface area contributed by atoms with Gasteiger partial charge in [-0.3, -0.25) is 14.3 Å². The number of amides is 1. The number of hydrogen-bond donors (Lipinski definition) is 0. The van der Waals surface area contributed by atoms with Crippen molar-refractivity contribution >= 4 is 5.91 Å². The number of aromatic nitrogens is 4. The highest BCUT2D eigenvalue weighted by molar-refractivity contribution is 5.94. The summed E-state index contributed by atoms with van der Waals surface area (Å²) >= 11 is 0. The van der Waals surface area contributed by atoms with E-state index < -0.39 is 0 Å². The fourth-order valence-electron chi connectivity index (χ4n) is 3.72. The maximum atomic E-state index is 12.9. The van der Waals surface area contributed by atoms with Crippen molar-refractivity contribution in [1.29, 1.82) is 0 Å². The molecule has 2 aromatic heterocycles. The van der Waals surface area contributed by atoms with Gasteiger partial charge in [0.2, 0.25) is 0 Å². The maximum Gasteiger partial charge on any atom is 0.345 e. The van der Waals surface area contributed by atoms with Crippen LogP contribution in [0.25, 0.3) is 0 Å². The Morgan fingerprint density at radius 1 is 1.32 bits per heavy atom. The molecule has 8 nitrogen and oxygen atoms in total. The molecule has 28 heavy (non-hydrogen) atoms. The lowest BCUT2D eigenvalue weighted by molar-refractivity contribution is 0.0702. The van der Waals surface area contributed by atoms with E-state index in [0.29, 0.717) is 25.2 Å². The van der Waals surface area contributed by atoms with Crippen molar-refractivity contribution < 1.29 is 4.79 Å². The molecule has 0 unspecified atom stereocenters. The lowest BCUT2D eigenvalue weighted by Gasteiger charge is -2.32. The number of piperidine rings is 1. The molecule has 1 aliphatic heterocycles. The highest BCUT2D eigenvalue weighted by atomic mass is 16.2. The first-order valence-electron chi connectivity index (χ1n) is 9.94. The summed E-state index contributed by atoms with van der Waals surface area (Å²) in [5.41, 5.74) is 1.52. The Kier molecular flexibility index (Phi) is 6.28. The topological polar surface area (TPSA) is 76.3 Å². The number of carbonyl (C=O) groups is 1. The number of likely N-dealkylation sites (tertiary alicyclic amines) is 1. The second kappa shape index (κ2) is 8.68. The number of pyridine rings is 1. The van der Waals surface area contributed by atoms with Gasteiger partial charge in [-0.1, -0.05) is 0 Å². The molecule has 152 valence electrons. The van der Waals surface area contributed by atoms with E-state index in [0.717, 1.165) is 37.3 Å². The number of carbonyl (C=O) groups excluding carboxylic acids is 1. The Bertz CT molecular complexity index is 885. The molecular weight excluding hydrogens is 356 g/mol. The second-order valence-electron chi connectivity index (χ2n) is 7.75. The van der Waals surface area contributed by atoms with E-state index in [-0.39, 0.29) is 17.5 Å². The van der Waals surface area contributed by atoms with Crippen LogP contribution in [0.3, 0.4) is 0 Å². The average Bonchev–Trinajstić information content (AvgIpc) is 3.01. The SMILES string of the molecule is CCn1c([C@@H]2CCCN(C(=O)c3cncc(C)c3)C2)nn(CCN(C)C)c1=O. The van der Waals surface area contributed by atoms with Gasteiger partial charge in [0, 0.05) is 44.5 Å². The summed E-state index contributed by atoms with van der Waals surface area (Å²) < 4.78 is 3.31. The second-order valence-corrected chi connectivity index (χ2v) is 7.75. The molecule has 0 bridgehead atoms. The Balaban J connectivity index is 1.81. The van der Waals surface area contributed by atoms with E-state index in [1.54, 1.807) is 21.6 Å². The van der Waals surface area contributed by atoms with Crippen molar-refractivity contribution in [3.05, 3.63) is 45.9 Å². The lowest BCUT2D eigenvalue weighted by atomic mass is 9.96. The molecule has 8 heteroatoms. The minimum Gasteiger partial charge on any atom is -0.338 e. The van der Waals surface area contributed by atoms with Gasteiger partial charge in [0.1, 0.15) is 5.82 Å². The van der Waals surface area contributed by atoms with Crippen molar-refractivity contribution in [2.24, 2.45) is 0 Å². The average molecular weight is 387 g/mol. The van der Waals surface area contributed by atoms with Gasteiger partial charge in [0.05, 0.1) is 12.1 Å². The van der Waals surface area contributed by atoms with Gasteiger partial charge >= 0.3 is 5.69 Å². The summed E-state index contributed by atoms with van der Waals surface area (Å²) in [5, 5.41) is 4.65. The summed E-state index contributed by atoms with van der Waals surface area (Å²) in [6, 6.07) is 1.87. The van der Waals surface area contributed by atoms with Crippen LogP contribution in [0, 0.1) is 6.92 Å². The molecule has 2 aromatic rings. The molecule has 0 N–H and O–H groups in total. The van der Waals surface area contributed by atoms with Gasteiger partial charge < -0.3 is 9.80 Å². The molecule has 0 aliphatic carbocycles. The van der Waals surface area contributed by atoms with Crippen molar-refractivity contribution in [2.75, 3.05) is 33.7 Å². The Hall–Kier alpha value is -2.48. The number of aryl methyl sites for hydroxylation is 1. The number of rotatable bonds is 6. The number of hydrogen-bond acceptors (Lipinski definition) is 5. The van der Waals surface area contributed by atoms with Gasteiger partial charge in [-0.25, -0.2) is 9.48 Å². The zero-order valence-corrected chi connectivity index (χ0v) is 17.3.